The molecule has 35 nitrogen and oxygen atoms in total. The van der Waals surface area contributed by atoms with Crippen molar-refractivity contribution >= 4 is 129 Å². The first-order chi connectivity index (χ1) is 54.7. The van der Waals surface area contributed by atoms with Gasteiger partial charge in [0.1, 0.15) is 47.8 Å². The summed E-state index contributed by atoms with van der Waals surface area (Å²) in [5.41, 5.74) is 7.14. The van der Waals surface area contributed by atoms with Gasteiger partial charge >= 0.3 is 23.9 Å². The number of amides is 10. The molecule has 0 saturated carbocycles. The van der Waals surface area contributed by atoms with Gasteiger partial charge in [-0.1, -0.05) is 75.7 Å². The molecule has 115 heavy (non-hydrogen) atoms. The summed E-state index contributed by atoms with van der Waals surface area (Å²) in [5.74, 6) is -13.4. The number of carbonyl (C=O) groups is 14. The number of benzene rings is 2. The number of β-amino-alcohol motifs (C(OH)–C–C–N with tert-alkyl or cyclic N) is 1. The van der Waals surface area contributed by atoms with Gasteiger partial charge in [0, 0.05) is 143 Å². The second-order valence-corrected chi connectivity index (χ2v) is 33.0. The quantitative estimate of drug-likeness (QED) is 0.0369. The van der Waals surface area contributed by atoms with E-state index in [4.69, 9.17) is 22.3 Å². The van der Waals surface area contributed by atoms with Gasteiger partial charge < -0.3 is 83.3 Å². The molecule has 8 rings (SSSR count). The highest BCUT2D eigenvalue weighted by Crippen LogP contribution is 2.29. The Morgan fingerprint density at radius 2 is 1.22 bits per heavy atom. The highest BCUT2D eigenvalue weighted by atomic mass is 35.5. The number of pyridine rings is 1. The maximum Gasteiger partial charge on any atom is 0.317 e. The number of aliphatic hydroxyl groups excluding tert-OH is 1. The Bertz CT molecular complexity index is 4070. The van der Waals surface area contributed by atoms with Crippen molar-refractivity contribution in [3.63, 3.8) is 0 Å². The van der Waals surface area contributed by atoms with Crippen LogP contribution in [0.3, 0.4) is 0 Å². The van der Waals surface area contributed by atoms with E-state index in [1.807, 2.05) is 0 Å². The number of rotatable bonds is 27. The molecule has 1 spiro atoms. The fourth-order valence-electron chi connectivity index (χ4n) is 14.3. The summed E-state index contributed by atoms with van der Waals surface area (Å²) >= 11 is 8.68. The molecule has 0 unspecified atom stereocenters. The molecule has 3 fully saturated rings. The molecule has 6 heterocycles. The van der Waals surface area contributed by atoms with Gasteiger partial charge in [0.05, 0.1) is 43.7 Å². The van der Waals surface area contributed by atoms with Gasteiger partial charge in [0.2, 0.25) is 59.1 Å². The number of primary amides is 1. The number of hydrogen-bond donors (Lipinski definition) is 14. The molecule has 10 amide bonds. The number of likely N-dealkylation sites (tertiary alicyclic amines) is 2. The summed E-state index contributed by atoms with van der Waals surface area (Å²) in [5, 5.41) is 71.0. The van der Waals surface area contributed by atoms with Crippen LogP contribution in [-0.4, -0.2) is 311 Å². The van der Waals surface area contributed by atoms with Gasteiger partial charge in [0.15, 0.2) is 0 Å². The zero-order chi connectivity index (χ0) is 83.6. The first kappa shape index (κ1) is 91.0. The third kappa shape index (κ3) is 28.7. The number of fused-ring (bicyclic) bond motifs is 3. The number of aromatic amines is 1. The minimum atomic E-state index is -2.02. The molecule has 2 aromatic carbocycles. The molecule has 15 N–H and O–H groups in total. The molecule has 0 radical (unpaired) electrons. The summed E-state index contributed by atoms with van der Waals surface area (Å²) in [6.07, 6.45) is -1.46. The van der Waals surface area contributed by atoms with Crippen molar-refractivity contribution in [1.29, 1.82) is 0 Å². The van der Waals surface area contributed by atoms with Gasteiger partial charge in [-0.05, 0) is 91.8 Å². The maximum absolute atomic E-state index is 15.8. The van der Waals surface area contributed by atoms with E-state index in [9.17, 15) is 73.5 Å². The van der Waals surface area contributed by atoms with Crippen LogP contribution in [0.5, 0.6) is 0 Å². The summed E-state index contributed by atoms with van der Waals surface area (Å²) in [6, 6.07) is 9.18. The van der Waals surface area contributed by atoms with Crippen molar-refractivity contribution in [1.82, 2.24) is 76.6 Å². The fraction of sp³-hybridized carbons (Fsp3) is 0.571. The Hall–Kier alpha value is -9.50. The predicted octanol–water partition coefficient (Wildman–Crippen LogP) is -0.163. The van der Waals surface area contributed by atoms with Crippen molar-refractivity contribution in [2.45, 2.75) is 157 Å². The van der Waals surface area contributed by atoms with Crippen molar-refractivity contribution in [2.75, 3.05) is 110 Å². The van der Waals surface area contributed by atoms with Crippen LogP contribution in [0.1, 0.15) is 102 Å². The normalized spacial score (nSPS) is 21.8. The van der Waals surface area contributed by atoms with E-state index in [0.717, 1.165) is 28.2 Å². The number of carboxylic acid groups (broad SMARTS) is 4. The van der Waals surface area contributed by atoms with Crippen molar-refractivity contribution in [2.24, 2.45) is 17.6 Å². The lowest BCUT2D eigenvalue weighted by atomic mass is 9.85. The van der Waals surface area contributed by atoms with E-state index in [2.05, 4.69) is 42.2 Å². The molecule has 628 valence electrons. The van der Waals surface area contributed by atoms with Crippen LogP contribution >= 0.6 is 35.1 Å². The Labute approximate surface area is 679 Å². The average Bonchev–Trinajstić information content (AvgIpc) is 1.78. The van der Waals surface area contributed by atoms with Crippen LogP contribution in [0.2, 0.25) is 5.02 Å². The maximum atomic E-state index is 15.8. The lowest BCUT2D eigenvalue weighted by Crippen LogP contribution is -2.68. The monoisotopic (exact) mass is 1660 g/mol. The molecule has 4 aromatic rings. The topological polar surface area (TPSA) is 498 Å². The lowest BCUT2D eigenvalue weighted by molar-refractivity contribution is -0.143. The minimum absolute atomic E-state index is 0.00828. The molecular weight excluding hydrogens is 1550 g/mol. The number of piperidine rings is 1. The minimum Gasteiger partial charge on any atom is -0.481 e. The molecule has 0 aliphatic carbocycles. The number of carboxylic acids is 4. The average molecular weight is 1660 g/mol. The Kier molecular flexibility index (Phi) is 34.8. The van der Waals surface area contributed by atoms with Crippen LogP contribution in [0.4, 0.5) is 0 Å². The van der Waals surface area contributed by atoms with Gasteiger partial charge in [-0.25, -0.2) is 0 Å². The molecule has 38 heteroatoms. The molecule has 4 aliphatic heterocycles. The number of aryl methyl sites for hydroxylation is 1. The number of halogens is 1. The number of aliphatic carboxylic acids is 4. The Balaban J connectivity index is 1.10. The number of thioether (sulfide) groups is 2. The molecular formula is C77H107ClN16O19S2. The summed E-state index contributed by atoms with van der Waals surface area (Å²) in [7, 11) is 0. The van der Waals surface area contributed by atoms with Gasteiger partial charge in [-0.2, -0.15) is 23.5 Å². The second kappa shape index (κ2) is 44.0. The van der Waals surface area contributed by atoms with Crippen molar-refractivity contribution < 1.29 is 92.7 Å². The van der Waals surface area contributed by atoms with Gasteiger partial charge in [-0.15, -0.1) is 0 Å². The van der Waals surface area contributed by atoms with Crippen LogP contribution in [0.15, 0.2) is 72.9 Å². The van der Waals surface area contributed by atoms with Gasteiger partial charge in [0.25, 0.3) is 0 Å². The highest BCUT2D eigenvalue weighted by Gasteiger charge is 2.47. The van der Waals surface area contributed by atoms with E-state index in [-0.39, 0.29) is 171 Å². The highest BCUT2D eigenvalue weighted by molar-refractivity contribution is 7.98. The van der Waals surface area contributed by atoms with Crippen LogP contribution in [0, 0.1) is 11.8 Å². The smallest absolute Gasteiger partial charge is 0.317 e. The summed E-state index contributed by atoms with van der Waals surface area (Å²) in [6.45, 7) is 5.83. The molecule has 8 atom stereocenters. The Morgan fingerprint density at radius 3 is 1.78 bits per heavy atom. The largest absolute Gasteiger partial charge is 0.481 e. The third-order valence-corrected chi connectivity index (χ3v) is 22.8. The van der Waals surface area contributed by atoms with E-state index in [0.29, 0.717) is 22.0 Å². The van der Waals surface area contributed by atoms with E-state index in [1.54, 1.807) is 120 Å². The molecule has 2 aromatic heterocycles. The SMILES string of the molecule is CC(C)C[C@@H]1NC(=O)C2(CCN(C(=O)CN3CCN(CC(=O)O)CCN(CC(=O)O)CCN(CC(=O)O)CC3)CC2)NC(=O)[C@@H](NC(=O)[C@@H](CC(C)C)NC(=O)[C@H](CCC(=O)O)NC(=O)[C@@H]2C[C@@H](O)CN2C(=O)CCc2c[nH]c3ccc(Cl)cc23)CSCc2cccc(n2)CSC[C@@H](C(N)=O)NC(=O)[C@H](Cc2ccccc2)NC1=O. The van der Waals surface area contributed by atoms with E-state index < -0.39 is 163 Å². The third-order valence-electron chi connectivity index (χ3n) is 20.5. The number of nitrogens with zero attached hydrogens (tertiary/aromatic N) is 7. The summed E-state index contributed by atoms with van der Waals surface area (Å²) in [4.78, 5) is 213. The molecule has 4 aliphatic rings. The molecule has 2 bridgehead atoms. The fourth-order valence-corrected chi connectivity index (χ4v) is 16.4. The van der Waals surface area contributed by atoms with Crippen LogP contribution in [-0.2, 0) is 91.5 Å². The Morgan fingerprint density at radius 1 is 0.635 bits per heavy atom. The molecule has 3 saturated heterocycles. The van der Waals surface area contributed by atoms with E-state index >= 15 is 19.2 Å². The van der Waals surface area contributed by atoms with Crippen LogP contribution in [0.25, 0.3) is 10.9 Å². The number of aliphatic hydroxyl groups is 1. The number of carbonyl (C=O) groups excluding carboxylic acids is 10. The number of H-pyrrole nitrogens is 1. The van der Waals surface area contributed by atoms with Gasteiger partial charge in [-0.3, -0.25) is 91.7 Å². The second-order valence-electron chi connectivity index (χ2n) is 30.5. The zero-order valence-corrected chi connectivity index (χ0v) is 67.5. The van der Waals surface area contributed by atoms with Crippen molar-refractivity contribution in [3.8, 4) is 0 Å². The van der Waals surface area contributed by atoms with Crippen LogP contribution < -0.4 is 43.0 Å². The predicted molar refractivity (Wildman–Crippen MR) is 426 cm³/mol. The zero-order valence-electron chi connectivity index (χ0n) is 65.1. The lowest BCUT2D eigenvalue weighted by Gasteiger charge is -2.43. The van der Waals surface area contributed by atoms with E-state index in [1.165, 1.54) is 21.6 Å². The number of aromatic nitrogens is 2. The number of nitrogens with two attached hydrogens (primary N) is 1. The standard InChI is InChI=1S/C77H107ClN16O19S2/c1-46(2)31-57(83-70(107)56(16-18-65(98)99)82-75(112)62-35-53(95)37-94(62)63(96)17-13-49-36-80-55-15-14-50(78)34-54(49)55)71(108)86-61-45-115-43-52-12-8-11-51(81-52)42-114-44-60(69(79)106)85-73(110)59(33-48-9-6-5-7-10-48)84-72(109)58(32-47(3)4)87-76(113)77(88-74(61)111)19-21-93(22-20-77)64(97)38-89-23-25-90(39-66(100)101)27-29-92(41-68(104)105)30-28-91(26-24-89)40-67(102)103/h5-12,14-15,34,36,46-47,53,56-62,80,95H,13,16-33,35,37-45H2,1-4H3,(H2,79,106)(H,82,112)(H,83,107)(H,84,109)(H,85,110)(H,86,108)(H,87,113)(H,88,111)(H,98,99)(H,100,101)(H,102,103)(H,104,105)/t53-,56+,57-,58+,59+,60+,61+,62+/m1/s1. The van der Waals surface area contributed by atoms with Crippen molar-refractivity contribution in [3.05, 3.63) is 100 Å². The number of hydrogen-bond acceptors (Lipinski definition) is 22. The first-order valence-corrected chi connectivity index (χ1v) is 41.2. The number of nitrogens with one attached hydrogen (secondary N) is 8. The summed E-state index contributed by atoms with van der Waals surface area (Å²) < 4.78 is 0. The first-order valence-electron chi connectivity index (χ1n) is 38.6.